The average Bonchev–Trinajstić information content (AvgIpc) is 2.93. The SMILES string of the molecule is OCCOc1ccc(CN2CCC[C@@H](c3nc(-c4ccncc4)ncc3-c3ccccc3)C2)cc1. The lowest BCUT2D eigenvalue weighted by Crippen LogP contribution is -2.34. The minimum Gasteiger partial charge on any atom is -0.491 e. The van der Waals surface area contributed by atoms with Crippen LogP contribution in [0, 0.1) is 0 Å². The summed E-state index contributed by atoms with van der Waals surface area (Å²) in [5.74, 6) is 1.86. The third kappa shape index (κ3) is 5.73. The summed E-state index contributed by atoms with van der Waals surface area (Å²) in [6.07, 6.45) is 7.79. The second kappa shape index (κ2) is 11.2. The van der Waals surface area contributed by atoms with E-state index in [0.29, 0.717) is 12.5 Å². The molecule has 6 nitrogen and oxygen atoms in total. The molecule has 1 saturated heterocycles. The summed E-state index contributed by atoms with van der Waals surface area (Å²) in [5.41, 5.74) is 5.62. The second-order valence-electron chi connectivity index (χ2n) is 8.88. The lowest BCUT2D eigenvalue weighted by Gasteiger charge is -2.33. The number of likely N-dealkylation sites (tertiary alicyclic amines) is 1. The van der Waals surface area contributed by atoms with E-state index in [9.17, 15) is 0 Å². The van der Waals surface area contributed by atoms with Crippen molar-refractivity contribution in [2.75, 3.05) is 26.3 Å². The van der Waals surface area contributed by atoms with Gasteiger partial charge in [-0.1, -0.05) is 42.5 Å². The summed E-state index contributed by atoms with van der Waals surface area (Å²) in [5, 5.41) is 8.95. The molecule has 0 radical (unpaired) electrons. The largest absolute Gasteiger partial charge is 0.491 e. The predicted octanol–water partition coefficient (Wildman–Crippen LogP) is 4.96. The Morgan fingerprint density at radius 3 is 2.51 bits per heavy atom. The van der Waals surface area contributed by atoms with Crippen LogP contribution in [0.4, 0.5) is 0 Å². The summed E-state index contributed by atoms with van der Waals surface area (Å²) < 4.78 is 5.50. The number of piperidine rings is 1. The molecular weight excluding hydrogens is 436 g/mol. The van der Waals surface area contributed by atoms with Crippen LogP contribution in [0.1, 0.15) is 30.0 Å². The summed E-state index contributed by atoms with van der Waals surface area (Å²) in [6, 6.07) is 22.5. The van der Waals surface area contributed by atoms with Gasteiger partial charge in [0.25, 0.3) is 0 Å². The van der Waals surface area contributed by atoms with Crippen LogP contribution in [-0.2, 0) is 6.54 Å². The van der Waals surface area contributed by atoms with Gasteiger partial charge in [0.2, 0.25) is 0 Å². The first kappa shape index (κ1) is 23.1. The normalized spacial score (nSPS) is 16.2. The standard InChI is InChI=1S/C29H30N4O2/c34-17-18-35-26-10-8-22(9-11-26)20-33-16-4-7-25(21-33)28-27(23-5-2-1-3-6-23)19-31-29(32-28)24-12-14-30-15-13-24/h1-3,5-6,8-15,19,25,34H,4,7,16-18,20-21H2/t25-/m1/s1. The summed E-state index contributed by atoms with van der Waals surface area (Å²) in [7, 11) is 0. The molecule has 4 aromatic rings. The van der Waals surface area contributed by atoms with Crippen molar-refractivity contribution >= 4 is 0 Å². The van der Waals surface area contributed by atoms with Gasteiger partial charge >= 0.3 is 0 Å². The number of ether oxygens (including phenoxy) is 1. The van der Waals surface area contributed by atoms with Crippen LogP contribution >= 0.6 is 0 Å². The Morgan fingerprint density at radius 2 is 1.74 bits per heavy atom. The number of benzene rings is 2. The van der Waals surface area contributed by atoms with Gasteiger partial charge in [-0.25, -0.2) is 9.97 Å². The van der Waals surface area contributed by atoms with E-state index in [4.69, 9.17) is 19.8 Å². The van der Waals surface area contributed by atoms with Gasteiger partial charge in [-0.2, -0.15) is 0 Å². The number of aliphatic hydroxyl groups is 1. The number of aromatic nitrogens is 3. The summed E-state index contributed by atoms with van der Waals surface area (Å²) in [6.45, 7) is 3.25. The van der Waals surface area contributed by atoms with Crippen molar-refractivity contribution in [3.8, 4) is 28.3 Å². The first-order chi connectivity index (χ1) is 17.3. The van der Waals surface area contributed by atoms with E-state index in [-0.39, 0.29) is 6.61 Å². The van der Waals surface area contributed by atoms with Crippen LogP contribution in [0.5, 0.6) is 5.75 Å². The molecule has 0 bridgehead atoms. The van der Waals surface area contributed by atoms with Gasteiger partial charge in [-0.05, 0) is 54.8 Å². The Labute approximate surface area is 206 Å². The van der Waals surface area contributed by atoms with Crippen LogP contribution in [0.15, 0.2) is 85.3 Å². The fourth-order valence-corrected chi connectivity index (χ4v) is 4.72. The van der Waals surface area contributed by atoms with Gasteiger partial charge in [0.15, 0.2) is 5.82 Å². The summed E-state index contributed by atoms with van der Waals surface area (Å²) >= 11 is 0. The van der Waals surface area contributed by atoms with Gasteiger partial charge in [0.05, 0.1) is 12.3 Å². The molecular formula is C29H30N4O2. The quantitative estimate of drug-likeness (QED) is 0.396. The lowest BCUT2D eigenvalue weighted by molar-refractivity contribution is 0.197. The zero-order chi connectivity index (χ0) is 23.9. The summed E-state index contributed by atoms with van der Waals surface area (Å²) in [4.78, 5) is 16.5. The number of rotatable bonds is 8. The van der Waals surface area contributed by atoms with E-state index in [2.05, 4.69) is 46.3 Å². The fourth-order valence-electron chi connectivity index (χ4n) is 4.72. The van der Waals surface area contributed by atoms with E-state index < -0.39 is 0 Å². The van der Waals surface area contributed by atoms with Crippen molar-refractivity contribution in [2.24, 2.45) is 0 Å². The highest BCUT2D eigenvalue weighted by Gasteiger charge is 2.26. The molecule has 0 spiro atoms. The number of hydrogen-bond acceptors (Lipinski definition) is 6. The Kier molecular flexibility index (Phi) is 7.41. The molecule has 0 saturated carbocycles. The van der Waals surface area contributed by atoms with Crippen LogP contribution in [0.25, 0.3) is 22.5 Å². The Hall–Kier alpha value is -3.61. The molecule has 3 heterocycles. The van der Waals surface area contributed by atoms with Gasteiger partial charge in [0, 0.05) is 48.7 Å². The molecule has 1 N–H and O–H groups in total. The number of hydrogen-bond donors (Lipinski definition) is 1. The number of aliphatic hydroxyl groups excluding tert-OH is 1. The van der Waals surface area contributed by atoms with Crippen molar-refractivity contribution in [3.63, 3.8) is 0 Å². The monoisotopic (exact) mass is 466 g/mol. The number of pyridine rings is 1. The van der Waals surface area contributed by atoms with Crippen molar-refractivity contribution < 1.29 is 9.84 Å². The molecule has 35 heavy (non-hydrogen) atoms. The minimum absolute atomic E-state index is 0.0216. The second-order valence-corrected chi connectivity index (χ2v) is 8.88. The van der Waals surface area contributed by atoms with Crippen LogP contribution in [-0.4, -0.2) is 51.3 Å². The molecule has 0 unspecified atom stereocenters. The molecule has 178 valence electrons. The van der Waals surface area contributed by atoms with E-state index in [1.807, 2.05) is 36.5 Å². The molecule has 1 atom stereocenters. The molecule has 5 rings (SSSR count). The molecule has 6 heteroatoms. The molecule has 2 aromatic heterocycles. The average molecular weight is 467 g/mol. The molecule has 2 aromatic carbocycles. The Bertz CT molecular complexity index is 1220. The van der Waals surface area contributed by atoms with E-state index >= 15 is 0 Å². The highest BCUT2D eigenvalue weighted by atomic mass is 16.5. The molecule has 0 aliphatic carbocycles. The maximum atomic E-state index is 8.95. The maximum Gasteiger partial charge on any atom is 0.159 e. The minimum atomic E-state index is 0.0216. The zero-order valence-corrected chi connectivity index (χ0v) is 19.8. The molecule has 1 aliphatic rings. The molecule has 1 fully saturated rings. The molecule has 1 aliphatic heterocycles. The smallest absolute Gasteiger partial charge is 0.159 e. The topological polar surface area (TPSA) is 71.4 Å². The van der Waals surface area contributed by atoms with E-state index in [1.165, 1.54) is 5.56 Å². The van der Waals surface area contributed by atoms with Crippen LogP contribution < -0.4 is 4.74 Å². The lowest BCUT2D eigenvalue weighted by atomic mass is 9.89. The van der Waals surface area contributed by atoms with E-state index in [0.717, 1.165) is 66.4 Å². The Balaban J connectivity index is 1.39. The Morgan fingerprint density at radius 1 is 0.943 bits per heavy atom. The first-order valence-electron chi connectivity index (χ1n) is 12.2. The van der Waals surface area contributed by atoms with E-state index in [1.54, 1.807) is 12.4 Å². The van der Waals surface area contributed by atoms with Gasteiger partial charge < -0.3 is 9.84 Å². The van der Waals surface area contributed by atoms with Crippen molar-refractivity contribution in [1.82, 2.24) is 19.9 Å². The van der Waals surface area contributed by atoms with Crippen molar-refractivity contribution in [1.29, 1.82) is 0 Å². The zero-order valence-electron chi connectivity index (χ0n) is 19.8. The van der Waals surface area contributed by atoms with Crippen LogP contribution in [0.2, 0.25) is 0 Å². The van der Waals surface area contributed by atoms with Gasteiger partial charge in [0.1, 0.15) is 12.4 Å². The molecule has 0 amide bonds. The van der Waals surface area contributed by atoms with Crippen LogP contribution in [0.3, 0.4) is 0 Å². The van der Waals surface area contributed by atoms with Crippen molar-refractivity contribution in [3.05, 3.63) is 96.6 Å². The highest BCUT2D eigenvalue weighted by molar-refractivity contribution is 5.67. The first-order valence-corrected chi connectivity index (χ1v) is 12.2. The third-order valence-corrected chi connectivity index (χ3v) is 6.42. The number of nitrogens with zero attached hydrogens (tertiary/aromatic N) is 4. The predicted molar refractivity (Wildman–Crippen MR) is 137 cm³/mol. The highest BCUT2D eigenvalue weighted by Crippen LogP contribution is 2.34. The third-order valence-electron chi connectivity index (χ3n) is 6.42. The van der Waals surface area contributed by atoms with Gasteiger partial charge in [-0.3, -0.25) is 9.88 Å². The fraction of sp³-hybridized carbons (Fsp3) is 0.276. The maximum absolute atomic E-state index is 8.95. The van der Waals surface area contributed by atoms with Gasteiger partial charge in [-0.15, -0.1) is 0 Å². The van der Waals surface area contributed by atoms with Crippen molar-refractivity contribution in [2.45, 2.75) is 25.3 Å².